The van der Waals surface area contributed by atoms with Crippen molar-refractivity contribution in [3.8, 4) is 0 Å². The second kappa shape index (κ2) is 11.3. The van der Waals surface area contributed by atoms with Crippen LogP contribution in [0.3, 0.4) is 0 Å². The molecule has 190 valence electrons. The summed E-state index contributed by atoms with van der Waals surface area (Å²) in [6.07, 6.45) is 10.1. The van der Waals surface area contributed by atoms with E-state index in [1.807, 2.05) is 42.5 Å². The molecule has 1 N–H and O–H groups in total. The summed E-state index contributed by atoms with van der Waals surface area (Å²) >= 11 is 1.74. The highest BCUT2D eigenvalue weighted by atomic mass is 32.2. The lowest BCUT2D eigenvalue weighted by molar-refractivity contribution is -0.130. The van der Waals surface area contributed by atoms with Crippen molar-refractivity contribution in [3.63, 3.8) is 0 Å². The molecule has 2 amide bonds. The van der Waals surface area contributed by atoms with E-state index >= 15 is 0 Å². The Morgan fingerprint density at radius 3 is 2.70 bits per heavy atom. The number of carbonyl (C=O) groups excluding carboxylic acids is 2. The number of nitrogens with zero attached hydrogens (tertiary/aromatic N) is 2. The van der Waals surface area contributed by atoms with Gasteiger partial charge < -0.3 is 10.2 Å². The van der Waals surface area contributed by atoms with Gasteiger partial charge in [0.15, 0.2) is 0 Å². The van der Waals surface area contributed by atoms with E-state index in [1.54, 1.807) is 24.2 Å². The second-order valence-corrected chi connectivity index (χ2v) is 11.3. The predicted octanol–water partition coefficient (Wildman–Crippen LogP) is 6.06. The summed E-state index contributed by atoms with van der Waals surface area (Å²) in [5.74, 6) is -0.0109. The molecule has 1 aromatic heterocycles. The molecule has 1 aliphatic heterocycles. The summed E-state index contributed by atoms with van der Waals surface area (Å²) in [5, 5.41) is 3.36. The number of hydrogen-bond donors (Lipinski definition) is 1. The van der Waals surface area contributed by atoms with Crippen molar-refractivity contribution in [3.05, 3.63) is 105 Å². The molecule has 2 heterocycles. The molecule has 2 atom stereocenters. The van der Waals surface area contributed by atoms with Crippen LogP contribution in [0.4, 0.5) is 0 Å². The molecule has 1 saturated heterocycles. The number of thioether (sulfide) groups is 1. The largest absolute Gasteiger partial charge is 0.348 e. The molecule has 2 unspecified atom stereocenters. The monoisotopic (exact) mass is 511 g/mol. The van der Waals surface area contributed by atoms with Crippen LogP contribution in [0.2, 0.25) is 0 Å². The molecular formula is C31H33N3O2S. The van der Waals surface area contributed by atoms with Gasteiger partial charge in [0, 0.05) is 42.3 Å². The molecule has 2 fully saturated rings. The predicted molar refractivity (Wildman–Crippen MR) is 150 cm³/mol. The van der Waals surface area contributed by atoms with Gasteiger partial charge in [-0.1, -0.05) is 54.8 Å². The molecule has 6 heteroatoms. The molecular weight excluding hydrogens is 478 g/mol. The first-order valence-electron chi connectivity index (χ1n) is 13.0. The number of pyridine rings is 1. The summed E-state index contributed by atoms with van der Waals surface area (Å²) in [6.45, 7) is 5.32. The van der Waals surface area contributed by atoms with E-state index in [9.17, 15) is 9.59 Å². The first-order valence-corrected chi connectivity index (χ1v) is 13.9. The van der Waals surface area contributed by atoms with Crippen molar-refractivity contribution in [2.45, 2.75) is 63.9 Å². The summed E-state index contributed by atoms with van der Waals surface area (Å²) in [4.78, 5) is 33.3. The molecule has 1 aliphatic carbocycles. The van der Waals surface area contributed by atoms with E-state index in [2.05, 4.69) is 47.2 Å². The Balaban J connectivity index is 1.32. The Morgan fingerprint density at radius 1 is 1.11 bits per heavy atom. The van der Waals surface area contributed by atoms with Gasteiger partial charge in [-0.2, -0.15) is 0 Å². The van der Waals surface area contributed by atoms with Crippen LogP contribution in [0.1, 0.15) is 63.9 Å². The minimum absolute atomic E-state index is 0.118. The van der Waals surface area contributed by atoms with E-state index < -0.39 is 0 Å². The summed E-state index contributed by atoms with van der Waals surface area (Å²) < 4.78 is 0. The topological polar surface area (TPSA) is 62.3 Å². The molecule has 0 spiro atoms. The number of amides is 2. The molecule has 1 saturated carbocycles. The number of hydrogen-bond acceptors (Lipinski definition) is 4. The third kappa shape index (κ3) is 5.96. The second-order valence-electron chi connectivity index (χ2n) is 10.0. The highest BCUT2D eigenvalue weighted by Gasteiger charge is 2.40. The standard InChI is InChI=1S/C31H33N3O2S/c1-21-9-10-22(2)26(16-21)20-34-27-7-3-4-8-28(27)37-29(31(34)36)17-23-11-13-25(14-12-23)30(35)33-19-24-6-5-15-32-18-24/h5-6,9-18,27-28H,3-4,7-8,19-20H2,1-2H3,(H,33,35)/b29-17-. The van der Waals surface area contributed by atoms with E-state index in [0.717, 1.165) is 28.9 Å². The summed E-state index contributed by atoms with van der Waals surface area (Å²) in [7, 11) is 0. The lowest BCUT2D eigenvalue weighted by Gasteiger charge is -2.44. The van der Waals surface area contributed by atoms with Crippen LogP contribution in [0.5, 0.6) is 0 Å². The maximum absolute atomic E-state index is 13.7. The number of aromatic nitrogens is 1. The van der Waals surface area contributed by atoms with Gasteiger partial charge in [-0.3, -0.25) is 14.6 Å². The Hall–Kier alpha value is -3.38. The van der Waals surface area contributed by atoms with Crippen molar-refractivity contribution in [1.29, 1.82) is 0 Å². The van der Waals surface area contributed by atoms with Crippen LogP contribution in [-0.4, -0.2) is 33.0 Å². The summed E-state index contributed by atoms with van der Waals surface area (Å²) in [6, 6.07) is 18.0. The van der Waals surface area contributed by atoms with Crippen LogP contribution >= 0.6 is 11.8 Å². The van der Waals surface area contributed by atoms with Gasteiger partial charge in [-0.25, -0.2) is 0 Å². The zero-order chi connectivity index (χ0) is 25.8. The third-order valence-electron chi connectivity index (χ3n) is 7.31. The first kappa shape index (κ1) is 25.3. The van der Waals surface area contributed by atoms with E-state index in [-0.39, 0.29) is 17.9 Å². The van der Waals surface area contributed by atoms with Crippen LogP contribution in [0, 0.1) is 13.8 Å². The lowest BCUT2D eigenvalue weighted by atomic mass is 9.92. The fourth-order valence-electron chi connectivity index (χ4n) is 5.19. The van der Waals surface area contributed by atoms with Gasteiger partial charge in [0.05, 0.1) is 4.91 Å². The Bertz CT molecular complexity index is 1300. The van der Waals surface area contributed by atoms with Crippen molar-refractivity contribution < 1.29 is 9.59 Å². The van der Waals surface area contributed by atoms with Gasteiger partial charge in [0.25, 0.3) is 11.8 Å². The maximum Gasteiger partial charge on any atom is 0.260 e. The number of fused-ring (bicyclic) bond motifs is 1. The average Bonchev–Trinajstić information content (AvgIpc) is 2.92. The molecule has 5 rings (SSSR count). The van der Waals surface area contributed by atoms with Gasteiger partial charge in [0.1, 0.15) is 0 Å². The number of nitrogens with one attached hydrogen (secondary N) is 1. The van der Waals surface area contributed by atoms with Crippen molar-refractivity contribution in [2.75, 3.05) is 0 Å². The highest BCUT2D eigenvalue weighted by molar-refractivity contribution is 8.04. The van der Waals surface area contributed by atoms with Crippen LogP contribution < -0.4 is 5.32 Å². The molecule has 2 aromatic carbocycles. The first-order chi connectivity index (χ1) is 18.0. The van der Waals surface area contributed by atoms with Gasteiger partial charge in [-0.15, -0.1) is 11.8 Å². The third-order valence-corrected chi connectivity index (χ3v) is 8.71. The quantitative estimate of drug-likeness (QED) is 0.409. The van der Waals surface area contributed by atoms with Crippen LogP contribution in [0.15, 0.2) is 71.9 Å². The molecule has 5 nitrogen and oxygen atoms in total. The molecule has 0 bridgehead atoms. The van der Waals surface area contributed by atoms with Crippen molar-refractivity contribution in [2.24, 2.45) is 0 Å². The van der Waals surface area contributed by atoms with Gasteiger partial charge in [0.2, 0.25) is 0 Å². The highest BCUT2D eigenvalue weighted by Crippen LogP contribution is 2.43. The van der Waals surface area contributed by atoms with Crippen molar-refractivity contribution in [1.82, 2.24) is 15.2 Å². The minimum atomic E-state index is -0.129. The fraction of sp³-hybridized carbons (Fsp3) is 0.323. The zero-order valence-electron chi connectivity index (χ0n) is 21.4. The van der Waals surface area contributed by atoms with E-state index in [4.69, 9.17) is 0 Å². The maximum atomic E-state index is 13.7. The fourth-order valence-corrected chi connectivity index (χ4v) is 6.66. The summed E-state index contributed by atoms with van der Waals surface area (Å²) in [5.41, 5.74) is 6.16. The Morgan fingerprint density at radius 2 is 1.92 bits per heavy atom. The normalized spacial score (nSPS) is 20.5. The Labute approximate surface area is 223 Å². The average molecular weight is 512 g/mol. The zero-order valence-corrected chi connectivity index (χ0v) is 22.3. The van der Waals surface area contributed by atoms with Gasteiger partial charge >= 0.3 is 0 Å². The molecule has 2 aliphatic rings. The smallest absolute Gasteiger partial charge is 0.260 e. The molecule has 37 heavy (non-hydrogen) atoms. The molecule has 3 aromatic rings. The van der Waals surface area contributed by atoms with Gasteiger partial charge in [-0.05, 0) is 73.2 Å². The number of rotatable bonds is 6. The SMILES string of the molecule is Cc1ccc(C)c(CN2C(=O)/C(=C/c3ccc(C(=O)NCc4cccnc4)cc3)SC3CCCCC32)c1. The number of benzene rings is 2. The van der Waals surface area contributed by atoms with Crippen LogP contribution in [-0.2, 0) is 17.9 Å². The molecule has 0 radical (unpaired) electrons. The van der Waals surface area contributed by atoms with Crippen molar-refractivity contribution >= 4 is 29.7 Å². The number of aryl methyl sites for hydroxylation is 2. The van der Waals surface area contributed by atoms with E-state index in [0.29, 0.717) is 23.9 Å². The number of carbonyl (C=O) groups is 2. The Kier molecular flexibility index (Phi) is 7.75. The van der Waals surface area contributed by atoms with Crippen LogP contribution in [0.25, 0.3) is 6.08 Å². The van der Waals surface area contributed by atoms with E-state index in [1.165, 1.54) is 29.5 Å². The lowest BCUT2D eigenvalue weighted by Crippen LogP contribution is -2.50. The minimum Gasteiger partial charge on any atom is -0.348 e.